The van der Waals surface area contributed by atoms with E-state index in [2.05, 4.69) is 26.3 Å². The summed E-state index contributed by atoms with van der Waals surface area (Å²) in [6, 6.07) is 0. The maximum absolute atomic E-state index is 13.1. The average molecular weight is 695 g/mol. The average Bonchev–Trinajstić information content (AvgIpc) is 3.05. The van der Waals surface area contributed by atoms with Crippen LogP contribution in [0.5, 0.6) is 0 Å². The monoisotopic (exact) mass is 694 g/mol. The maximum atomic E-state index is 13.1. The molecule has 16 heteroatoms. The number of hydrogen-bond donors (Lipinski definition) is 1. The van der Waals surface area contributed by atoms with Crippen molar-refractivity contribution in [3.05, 3.63) is 50.1 Å². The molecular formula is C31H51O15P. The Bertz CT molecular complexity index is 855. The van der Waals surface area contributed by atoms with Crippen LogP contribution in [0.1, 0.15) is 45.4 Å². The van der Waals surface area contributed by atoms with Gasteiger partial charge in [0.2, 0.25) is 0 Å². The van der Waals surface area contributed by atoms with Crippen LogP contribution in [0.4, 0.5) is 0 Å². The zero-order valence-corrected chi connectivity index (χ0v) is 28.3. The SMILES string of the molecule is C=C(C)C(=O)O.C=CC(=O)OCCOCCCCOP(=O)(OCCCCOCCOC(=O)C=C)OCCCCOCCOC(=O)C=C. The predicted octanol–water partition coefficient (Wildman–Crippen LogP) is 4.37. The summed E-state index contributed by atoms with van der Waals surface area (Å²) in [6.07, 6.45) is 6.81. The third-order valence-corrected chi connectivity index (χ3v) is 6.57. The van der Waals surface area contributed by atoms with Crippen molar-refractivity contribution in [2.45, 2.75) is 45.4 Å². The fourth-order valence-corrected chi connectivity index (χ4v) is 3.93. The predicted molar refractivity (Wildman–Crippen MR) is 172 cm³/mol. The van der Waals surface area contributed by atoms with E-state index in [1.54, 1.807) is 0 Å². The molecule has 0 heterocycles. The molecule has 0 amide bonds. The summed E-state index contributed by atoms with van der Waals surface area (Å²) < 4.78 is 60.1. The van der Waals surface area contributed by atoms with Crippen LogP contribution in [0, 0.1) is 0 Å². The molecule has 0 saturated carbocycles. The highest BCUT2D eigenvalue weighted by atomic mass is 31.2. The first-order valence-electron chi connectivity index (χ1n) is 15.0. The van der Waals surface area contributed by atoms with Crippen molar-refractivity contribution in [3.63, 3.8) is 0 Å². The Morgan fingerprint density at radius 3 is 1.02 bits per heavy atom. The first kappa shape index (κ1) is 46.0. The largest absolute Gasteiger partial charge is 0.478 e. The van der Waals surface area contributed by atoms with E-state index in [-0.39, 0.29) is 65.0 Å². The number of esters is 3. The van der Waals surface area contributed by atoms with Gasteiger partial charge in [0.15, 0.2) is 0 Å². The highest BCUT2D eigenvalue weighted by molar-refractivity contribution is 7.48. The number of carboxylic acid groups (broad SMARTS) is 1. The Balaban J connectivity index is 0. The third kappa shape index (κ3) is 34.0. The van der Waals surface area contributed by atoms with Crippen molar-refractivity contribution < 1.29 is 70.8 Å². The maximum Gasteiger partial charge on any atom is 0.474 e. The van der Waals surface area contributed by atoms with Crippen molar-refractivity contribution in [3.8, 4) is 0 Å². The van der Waals surface area contributed by atoms with Gasteiger partial charge in [-0.05, 0) is 45.4 Å². The molecule has 0 aromatic heterocycles. The van der Waals surface area contributed by atoms with Crippen molar-refractivity contribution in [2.75, 3.05) is 79.3 Å². The Morgan fingerprint density at radius 1 is 0.532 bits per heavy atom. The van der Waals surface area contributed by atoms with E-state index >= 15 is 0 Å². The van der Waals surface area contributed by atoms with Crippen LogP contribution in [0.25, 0.3) is 0 Å². The molecule has 47 heavy (non-hydrogen) atoms. The van der Waals surface area contributed by atoms with Gasteiger partial charge in [-0.1, -0.05) is 26.3 Å². The molecule has 0 fully saturated rings. The summed E-state index contributed by atoms with van der Waals surface area (Å²) in [7, 11) is -3.79. The van der Waals surface area contributed by atoms with Crippen LogP contribution in [-0.4, -0.2) is 108 Å². The van der Waals surface area contributed by atoms with Crippen LogP contribution in [-0.2, 0) is 65.7 Å². The molecule has 0 unspecified atom stereocenters. The number of rotatable bonds is 31. The van der Waals surface area contributed by atoms with E-state index in [1.807, 2.05) is 0 Å². The minimum Gasteiger partial charge on any atom is -0.478 e. The lowest BCUT2D eigenvalue weighted by Crippen LogP contribution is -2.10. The van der Waals surface area contributed by atoms with E-state index in [0.29, 0.717) is 58.3 Å². The Hall–Kier alpha value is -3.17. The molecule has 1 N–H and O–H groups in total. The number of ether oxygens (including phenoxy) is 6. The van der Waals surface area contributed by atoms with Crippen molar-refractivity contribution in [1.82, 2.24) is 0 Å². The second kappa shape index (κ2) is 32.8. The second-order valence-electron chi connectivity index (χ2n) is 9.11. The van der Waals surface area contributed by atoms with E-state index in [0.717, 1.165) is 18.2 Å². The van der Waals surface area contributed by atoms with Gasteiger partial charge >= 0.3 is 31.7 Å². The second-order valence-corrected chi connectivity index (χ2v) is 10.8. The molecule has 0 aliphatic carbocycles. The van der Waals surface area contributed by atoms with E-state index in [4.69, 9.17) is 47.1 Å². The fraction of sp³-hybridized carbons (Fsp3) is 0.613. The number of aliphatic carboxylic acids is 1. The molecule has 0 rings (SSSR count). The van der Waals surface area contributed by atoms with Crippen molar-refractivity contribution in [2.24, 2.45) is 0 Å². The Kier molecular flexibility index (Phi) is 32.0. The summed E-state index contributed by atoms with van der Waals surface area (Å²) >= 11 is 0. The standard InChI is InChI=1S/C27H45O13P.C4H6O2/c1-4-25(28)35-22-19-32-13-7-10-16-38-41(31,39-17-11-8-14-33-20-23-36-26(29)5-2)40-18-12-9-15-34-21-24-37-27(30)6-3;1-3(2)4(5)6/h4-6H,1-3,7-24H2;1H2,2H3,(H,5,6). The van der Waals surface area contributed by atoms with E-state index in [9.17, 15) is 23.7 Å². The van der Waals surface area contributed by atoms with Crippen LogP contribution in [0.3, 0.4) is 0 Å². The summed E-state index contributed by atoms with van der Waals surface area (Å²) in [5.41, 5.74) is 0.176. The van der Waals surface area contributed by atoms with Gasteiger partial charge in [0.1, 0.15) is 19.8 Å². The minimum absolute atomic E-state index is 0.139. The molecule has 0 aliphatic heterocycles. The van der Waals surface area contributed by atoms with Crippen LogP contribution in [0.2, 0.25) is 0 Å². The minimum atomic E-state index is -3.79. The Morgan fingerprint density at radius 2 is 0.787 bits per heavy atom. The number of phosphoric acid groups is 1. The molecule has 0 radical (unpaired) electrons. The van der Waals surface area contributed by atoms with Gasteiger partial charge in [0.25, 0.3) is 0 Å². The number of unbranched alkanes of at least 4 members (excludes halogenated alkanes) is 3. The van der Waals surface area contributed by atoms with Gasteiger partial charge in [-0.15, -0.1) is 0 Å². The molecule has 0 bridgehead atoms. The topological polar surface area (TPSA) is 189 Å². The van der Waals surface area contributed by atoms with Gasteiger partial charge in [-0.25, -0.2) is 23.7 Å². The lowest BCUT2D eigenvalue weighted by atomic mass is 10.3. The third-order valence-electron chi connectivity index (χ3n) is 5.08. The van der Waals surface area contributed by atoms with Crippen molar-refractivity contribution in [1.29, 1.82) is 0 Å². The highest BCUT2D eigenvalue weighted by Crippen LogP contribution is 2.49. The molecule has 0 aromatic rings. The van der Waals surface area contributed by atoms with E-state index < -0.39 is 31.7 Å². The smallest absolute Gasteiger partial charge is 0.474 e. The summed E-state index contributed by atoms with van der Waals surface area (Å²) in [6.45, 7) is 17.4. The lowest BCUT2D eigenvalue weighted by molar-refractivity contribution is -0.140. The number of phosphoric ester groups is 1. The normalized spacial score (nSPS) is 10.6. The zero-order valence-electron chi connectivity index (χ0n) is 27.4. The lowest BCUT2D eigenvalue weighted by Gasteiger charge is -2.18. The number of carboxylic acids is 1. The summed E-state index contributed by atoms with van der Waals surface area (Å²) in [5, 5.41) is 7.89. The molecule has 270 valence electrons. The summed E-state index contributed by atoms with van der Waals surface area (Å²) in [4.78, 5) is 42.5. The molecule has 0 aromatic carbocycles. The highest BCUT2D eigenvalue weighted by Gasteiger charge is 2.26. The van der Waals surface area contributed by atoms with Gasteiger partial charge in [-0.3, -0.25) is 13.6 Å². The first-order valence-corrected chi connectivity index (χ1v) is 16.5. The van der Waals surface area contributed by atoms with Crippen molar-refractivity contribution >= 4 is 31.7 Å². The molecule has 0 spiro atoms. The first-order chi connectivity index (χ1) is 22.5. The van der Waals surface area contributed by atoms with Gasteiger partial charge in [0.05, 0.1) is 39.6 Å². The van der Waals surface area contributed by atoms with Gasteiger partial charge in [0, 0.05) is 43.6 Å². The number of carbonyl (C=O) groups is 4. The number of carbonyl (C=O) groups excluding carboxylic acids is 3. The summed E-state index contributed by atoms with van der Waals surface area (Å²) in [5.74, 6) is -2.45. The molecule has 0 atom stereocenters. The molecule has 15 nitrogen and oxygen atoms in total. The van der Waals surface area contributed by atoms with E-state index in [1.165, 1.54) is 6.92 Å². The molecule has 0 saturated heterocycles. The molecule has 0 aliphatic rings. The Labute approximate surface area is 277 Å². The zero-order chi connectivity index (χ0) is 35.6. The van der Waals surface area contributed by atoms with Crippen LogP contribution in [0.15, 0.2) is 50.1 Å². The van der Waals surface area contributed by atoms with Gasteiger partial charge < -0.3 is 33.5 Å². The van der Waals surface area contributed by atoms with Gasteiger partial charge in [-0.2, -0.15) is 0 Å². The molecular weight excluding hydrogens is 643 g/mol. The van der Waals surface area contributed by atoms with Crippen LogP contribution < -0.4 is 0 Å². The quantitative estimate of drug-likeness (QED) is 0.0354. The van der Waals surface area contributed by atoms with Crippen LogP contribution >= 0.6 is 7.82 Å². The number of hydrogen-bond acceptors (Lipinski definition) is 14. The fourth-order valence-electron chi connectivity index (χ4n) is 2.65.